The lowest BCUT2D eigenvalue weighted by Crippen LogP contribution is -2.59. The Morgan fingerprint density at radius 1 is 1.29 bits per heavy atom. The van der Waals surface area contributed by atoms with Crippen LogP contribution >= 0.6 is 0 Å². The zero-order valence-corrected chi connectivity index (χ0v) is 16.0. The zero-order chi connectivity index (χ0) is 19.6. The van der Waals surface area contributed by atoms with Gasteiger partial charge in [-0.25, -0.2) is 4.98 Å². The standard InChI is InChI=1S/C21H26N4O3/c22-12-15-13-24-17-2-3-18(27-11-1-10-26)25-19(17)16(15)4-5-21-8-6-20(23,7-9-21)14-28-21/h2-3,13,26H,1,4-11,14,23H2. The Balaban J connectivity index is 1.59. The number of nitrogens with zero attached hydrogens (tertiary/aromatic N) is 3. The normalized spacial score (nSPS) is 26.3. The number of nitrogens with two attached hydrogens (primary N) is 1. The number of hydrogen-bond acceptors (Lipinski definition) is 7. The van der Waals surface area contributed by atoms with Gasteiger partial charge in [-0.1, -0.05) is 0 Å². The van der Waals surface area contributed by atoms with E-state index < -0.39 is 0 Å². The first-order valence-electron chi connectivity index (χ1n) is 9.92. The van der Waals surface area contributed by atoms with Gasteiger partial charge in [0, 0.05) is 30.8 Å². The van der Waals surface area contributed by atoms with Crippen LogP contribution in [0.25, 0.3) is 11.0 Å². The van der Waals surface area contributed by atoms with Crippen LogP contribution in [0.3, 0.4) is 0 Å². The number of aromatic nitrogens is 2. The van der Waals surface area contributed by atoms with Crippen LogP contribution in [-0.2, 0) is 11.2 Å². The second kappa shape index (κ2) is 7.63. The Labute approximate surface area is 164 Å². The molecular weight excluding hydrogens is 356 g/mol. The summed E-state index contributed by atoms with van der Waals surface area (Å²) >= 11 is 0. The Bertz CT molecular complexity index is 884. The van der Waals surface area contributed by atoms with Crippen molar-refractivity contribution in [1.29, 1.82) is 5.26 Å². The number of aryl methyl sites for hydroxylation is 1. The second-order valence-corrected chi connectivity index (χ2v) is 8.04. The van der Waals surface area contributed by atoms with Crippen molar-refractivity contribution in [2.75, 3.05) is 19.8 Å². The summed E-state index contributed by atoms with van der Waals surface area (Å²) in [6.07, 6.45) is 7.64. The largest absolute Gasteiger partial charge is 0.478 e. The quantitative estimate of drug-likeness (QED) is 0.706. The maximum absolute atomic E-state index is 9.60. The topological polar surface area (TPSA) is 114 Å². The van der Waals surface area contributed by atoms with Crippen LogP contribution in [0.2, 0.25) is 0 Å². The molecule has 0 radical (unpaired) electrons. The van der Waals surface area contributed by atoms with Gasteiger partial charge >= 0.3 is 0 Å². The van der Waals surface area contributed by atoms with Gasteiger partial charge in [0.15, 0.2) is 0 Å². The Kier molecular flexibility index (Phi) is 5.19. The van der Waals surface area contributed by atoms with E-state index in [-0.39, 0.29) is 17.7 Å². The molecule has 2 aromatic heterocycles. The Morgan fingerprint density at radius 2 is 2.11 bits per heavy atom. The van der Waals surface area contributed by atoms with Gasteiger partial charge < -0.3 is 20.3 Å². The summed E-state index contributed by atoms with van der Waals surface area (Å²) in [5, 5.41) is 18.5. The van der Waals surface area contributed by atoms with Gasteiger partial charge in [0.25, 0.3) is 0 Å². The molecule has 148 valence electrons. The number of ether oxygens (including phenoxy) is 2. The van der Waals surface area contributed by atoms with E-state index in [9.17, 15) is 5.26 Å². The molecule has 0 atom stereocenters. The molecule has 0 amide bonds. The fourth-order valence-corrected chi connectivity index (χ4v) is 4.23. The van der Waals surface area contributed by atoms with E-state index >= 15 is 0 Å². The monoisotopic (exact) mass is 382 g/mol. The molecule has 2 bridgehead atoms. The minimum Gasteiger partial charge on any atom is -0.478 e. The van der Waals surface area contributed by atoms with Crippen molar-refractivity contribution in [3.8, 4) is 11.9 Å². The molecule has 2 saturated heterocycles. The fourth-order valence-electron chi connectivity index (χ4n) is 4.23. The number of fused-ring (bicyclic) bond motifs is 4. The minimum atomic E-state index is -0.148. The molecule has 5 rings (SSSR count). The van der Waals surface area contributed by atoms with Gasteiger partial charge in [0.2, 0.25) is 5.88 Å². The average molecular weight is 382 g/mol. The summed E-state index contributed by atoms with van der Waals surface area (Å²) in [5.74, 6) is 0.483. The van der Waals surface area contributed by atoms with E-state index in [1.165, 1.54) is 0 Å². The number of rotatable bonds is 7. The molecule has 2 aliphatic heterocycles. The number of hydrogen-bond donors (Lipinski definition) is 2. The van der Waals surface area contributed by atoms with Gasteiger partial charge in [-0.05, 0) is 50.2 Å². The van der Waals surface area contributed by atoms with Crippen LogP contribution in [-0.4, -0.2) is 46.0 Å². The molecule has 4 heterocycles. The summed E-state index contributed by atoms with van der Waals surface area (Å²) in [6, 6.07) is 5.89. The molecule has 0 unspecified atom stereocenters. The molecule has 1 saturated carbocycles. The highest BCUT2D eigenvalue weighted by Crippen LogP contribution is 2.45. The van der Waals surface area contributed by atoms with Crippen LogP contribution in [0.5, 0.6) is 5.88 Å². The highest BCUT2D eigenvalue weighted by atomic mass is 16.5. The van der Waals surface area contributed by atoms with Crippen molar-refractivity contribution in [3.05, 3.63) is 29.5 Å². The summed E-state index contributed by atoms with van der Waals surface area (Å²) in [5.41, 5.74) is 8.94. The lowest BCUT2D eigenvalue weighted by atomic mass is 9.70. The van der Waals surface area contributed by atoms with E-state index in [1.807, 2.05) is 6.07 Å². The van der Waals surface area contributed by atoms with Crippen LogP contribution in [0, 0.1) is 11.3 Å². The van der Waals surface area contributed by atoms with Gasteiger partial charge in [0.05, 0.1) is 35.4 Å². The molecule has 28 heavy (non-hydrogen) atoms. The lowest BCUT2D eigenvalue weighted by Gasteiger charge is -2.51. The number of pyridine rings is 2. The van der Waals surface area contributed by atoms with Crippen LogP contribution in [0.15, 0.2) is 18.3 Å². The van der Waals surface area contributed by atoms with Crippen molar-refractivity contribution >= 4 is 11.0 Å². The van der Waals surface area contributed by atoms with Crippen molar-refractivity contribution in [2.45, 2.75) is 56.1 Å². The summed E-state index contributed by atoms with van der Waals surface area (Å²) in [4.78, 5) is 8.98. The van der Waals surface area contributed by atoms with Crippen molar-refractivity contribution < 1.29 is 14.6 Å². The van der Waals surface area contributed by atoms with Gasteiger partial charge in [-0.3, -0.25) is 4.98 Å². The molecule has 0 aromatic carbocycles. The second-order valence-electron chi connectivity index (χ2n) is 8.04. The molecule has 3 N–H and O–H groups in total. The summed E-state index contributed by atoms with van der Waals surface area (Å²) in [7, 11) is 0. The molecule has 7 nitrogen and oxygen atoms in total. The Hall–Kier alpha value is -2.27. The highest BCUT2D eigenvalue weighted by molar-refractivity contribution is 5.80. The predicted octanol–water partition coefficient (Wildman–Crippen LogP) is 2.24. The molecule has 3 aliphatic rings. The fraction of sp³-hybridized carbons (Fsp3) is 0.571. The van der Waals surface area contributed by atoms with Gasteiger partial charge in [-0.2, -0.15) is 5.26 Å². The van der Waals surface area contributed by atoms with E-state index in [0.29, 0.717) is 43.0 Å². The Morgan fingerprint density at radius 3 is 2.79 bits per heavy atom. The van der Waals surface area contributed by atoms with Crippen molar-refractivity contribution in [2.24, 2.45) is 5.73 Å². The molecule has 2 aromatic rings. The molecule has 3 fully saturated rings. The zero-order valence-electron chi connectivity index (χ0n) is 16.0. The summed E-state index contributed by atoms with van der Waals surface area (Å²) < 4.78 is 11.8. The highest BCUT2D eigenvalue weighted by Gasteiger charge is 2.47. The molecule has 0 spiro atoms. The van der Waals surface area contributed by atoms with Crippen molar-refractivity contribution in [1.82, 2.24) is 9.97 Å². The molecule has 1 aliphatic carbocycles. The smallest absolute Gasteiger partial charge is 0.213 e. The first-order chi connectivity index (χ1) is 13.6. The third-order valence-electron chi connectivity index (χ3n) is 6.12. The lowest BCUT2D eigenvalue weighted by molar-refractivity contribution is -0.156. The minimum absolute atomic E-state index is 0.0745. The number of aliphatic hydroxyl groups is 1. The third-order valence-corrected chi connectivity index (χ3v) is 6.12. The van der Waals surface area contributed by atoms with E-state index in [4.69, 9.17) is 20.3 Å². The predicted molar refractivity (Wildman–Crippen MR) is 104 cm³/mol. The maximum atomic E-state index is 9.60. The molecular formula is C21H26N4O3. The van der Waals surface area contributed by atoms with Gasteiger partial charge in [0.1, 0.15) is 6.07 Å². The van der Waals surface area contributed by atoms with Crippen LogP contribution < -0.4 is 10.5 Å². The summed E-state index contributed by atoms with van der Waals surface area (Å²) in [6.45, 7) is 1.09. The first kappa shape index (κ1) is 19.1. The molecule has 7 heteroatoms. The van der Waals surface area contributed by atoms with Gasteiger partial charge in [-0.15, -0.1) is 0 Å². The average Bonchev–Trinajstić information content (AvgIpc) is 2.73. The van der Waals surface area contributed by atoms with E-state index in [1.54, 1.807) is 12.3 Å². The first-order valence-corrected chi connectivity index (χ1v) is 9.92. The number of nitriles is 1. The SMILES string of the molecule is N#Cc1cnc2ccc(OCCCO)nc2c1CCC12CCC(N)(CC1)CO2. The van der Waals surface area contributed by atoms with E-state index in [0.717, 1.165) is 43.2 Å². The van der Waals surface area contributed by atoms with Crippen LogP contribution in [0.1, 0.15) is 49.7 Å². The van der Waals surface area contributed by atoms with E-state index in [2.05, 4.69) is 16.0 Å². The van der Waals surface area contributed by atoms with Crippen molar-refractivity contribution in [3.63, 3.8) is 0 Å². The third kappa shape index (κ3) is 3.68. The maximum Gasteiger partial charge on any atom is 0.213 e. The number of aliphatic hydroxyl groups excluding tert-OH is 1. The van der Waals surface area contributed by atoms with Crippen LogP contribution in [0.4, 0.5) is 0 Å².